The van der Waals surface area contributed by atoms with Crippen molar-refractivity contribution in [3.05, 3.63) is 24.3 Å². The number of hydrogen-bond donors (Lipinski definition) is 1. The van der Waals surface area contributed by atoms with E-state index in [2.05, 4.69) is 22.4 Å². The molecule has 0 saturated heterocycles. The SMILES string of the molecule is CC1CCCC(n2nnnc2-c2ccc(N)cc2)C1. The van der Waals surface area contributed by atoms with Gasteiger partial charge in [-0.1, -0.05) is 19.8 Å². The van der Waals surface area contributed by atoms with Gasteiger partial charge in [0.05, 0.1) is 6.04 Å². The van der Waals surface area contributed by atoms with Crippen molar-refractivity contribution in [2.75, 3.05) is 5.73 Å². The standard InChI is InChI=1S/C14H19N5/c1-10-3-2-4-13(9-10)19-14(16-17-18-19)11-5-7-12(15)8-6-11/h5-8,10,13H,2-4,9,15H2,1H3. The van der Waals surface area contributed by atoms with Gasteiger partial charge in [-0.15, -0.1) is 5.10 Å². The molecule has 3 rings (SSSR count). The van der Waals surface area contributed by atoms with E-state index in [1.54, 1.807) is 0 Å². The average Bonchev–Trinajstić information content (AvgIpc) is 2.89. The van der Waals surface area contributed by atoms with Crippen LogP contribution in [0.3, 0.4) is 0 Å². The Balaban J connectivity index is 1.91. The second-order valence-corrected chi connectivity index (χ2v) is 5.49. The molecular formula is C14H19N5. The Morgan fingerprint density at radius 2 is 2.00 bits per heavy atom. The van der Waals surface area contributed by atoms with Crippen LogP contribution in [0.5, 0.6) is 0 Å². The second kappa shape index (κ2) is 4.99. The number of aromatic nitrogens is 4. The van der Waals surface area contributed by atoms with Gasteiger partial charge >= 0.3 is 0 Å². The molecule has 2 atom stereocenters. The molecule has 100 valence electrons. The number of nitrogens with two attached hydrogens (primary N) is 1. The molecule has 1 saturated carbocycles. The molecule has 5 nitrogen and oxygen atoms in total. The van der Waals surface area contributed by atoms with Gasteiger partial charge in [0.15, 0.2) is 5.82 Å². The third-order valence-electron chi connectivity index (χ3n) is 3.92. The molecule has 1 aliphatic rings. The molecule has 1 aromatic heterocycles. The average molecular weight is 257 g/mol. The first-order chi connectivity index (χ1) is 9.24. The zero-order chi connectivity index (χ0) is 13.2. The summed E-state index contributed by atoms with van der Waals surface area (Å²) in [7, 11) is 0. The van der Waals surface area contributed by atoms with Crippen molar-refractivity contribution in [1.29, 1.82) is 0 Å². The van der Waals surface area contributed by atoms with Gasteiger partial charge in [0.25, 0.3) is 0 Å². The number of nitrogens with zero attached hydrogens (tertiary/aromatic N) is 4. The van der Waals surface area contributed by atoms with E-state index in [1.807, 2.05) is 28.9 Å². The molecule has 2 unspecified atom stereocenters. The molecule has 0 spiro atoms. The van der Waals surface area contributed by atoms with Crippen LogP contribution in [0, 0.1) is 5.92 Å². The summed E-state index contributed by atoms with van der Waals surface area (Å²) in [6.07, 6.45) is 4.90. The number of anilines is 1. The maximum Gasteiger partial charge on any atom is 0.182 e. The van der Waals surface area contributed by atoms with Crippen molar-refractivity contribution >= 4 is 5.69 Å². The van der Waals surface area contributed by atoms with Gasteiger partial charge in [0.1, 0.15) is 0 Å². The summed E-state index contributed by atoms with van der Waals surface area (Å²) in [6.45, 7) is 2.30. The van der Waals surface area contributed by atoms with Gasteiger partial charge in [-0.25, -0.2) is 4.68 Å². The highest BCUT2D eigenvalue weighted by atomic mass is 15.5. The van der Waals surface area contributed by atoms with E-state index in [1.165, 1.54) is 12.8 Å². The molecule has 2 N–H and O–H groups in total. The summed E-state index contributed by atoms with van der Waals surface area (Å²) in [5.74, 6) is 1.60. The van der Waals surface area contributed by atoms with Crippen molar-refractivity contribution in [3.63, 3.8) is 0 Å². The fourth-order valence-electron chi connectivity index (χ4n) is 2.89. The Morgan fingerprint density at radius 3 is 2.74 bits per heavy atom. The second-order valence-electron chi connectivity index (χ2n) is 5.49. The first-order valence-corrected chi connectivity index (χ1v) is 6.88. The lowest BCUT2D eigenvalue weighted by Gasteiger charge is -2.27. The minimum absolute atomic E-state index is 0.423. The van der Waals surface area contributed by atoms with Crippen LogP contribution in [-0.2, 0) is 0 Å². The lowest BCUT2D eigenvalue weighted by atomic mass is 9.87. The van der Waals surface area contributed by atoms with Crippen molar-refractivity contribution in [1.82, 2.24) is 20.2 Å². The topological polar surface area (TPSA) is 69.6 Å². The zero-order valence-electron chi connectivity index (χ0n) is 11.2. The van der Waals surface area contributed by atoms with E-state index in [0.29, 0.717) is 6.04 Å². The molecule has 5 heteroatoms. The number of hydrogen-bond acceptors (Lipinski definition) is 4. The van der Waals surface area contributed by atoms with E-state index >= 15 is 0 Å². The van der Waals surface area contributed by atoms with Gasteiger partial charge in [0.2, 0.25) is 0 Å². The maximum absolute atomic E-state index is 5.72. The summed E-state index contributed by atoms with van der Waals surface area (Å²) in [5.41, 5.74) is 7.50. The molecule has 1 aliphatic carbocycles. The Morgan fingerprint density at radius 1 is 1.21 bits per heavy atom. The van der Waals surface area contributed by atoms with Crippen LogP contribution in [0.15, 0.2) is 24.3 Å². The molecule has 1 fully saturated rings. The Kier molecular flexibility index (Phi) is 3.19. The van der Waals surface area contributed by atoms with Crippen LogP contribution >= 0.6 is 0 Å². The van der Waals surface area contributed by atoms with E-state index in [9.17, 15) is 0 Å². The molecule has 0 amide bonds. The van der Waals surface area contributed by atoms with Crippen molar-refractivity contribution in [2.45, 2.75) is 38.6 Å². The summed E-state index contributed by atoms with van der Waals surface area (Å²) >= 11 is 0. The van der Waals surface area contributed by atoms with Crippen LogP contribution in [0.1, 0.15) is 38.6 Å². The highest BCUT2D eigenvalue weighted by Crippen LogP contribution is 2.33. The van der Waals surface area contributed by atoms with Gasteiger partial charge < -0.3 is 5.73 Å². The summed E-state index contributed by atoms with van der Waals surface area (Å²) in [6, 6.07) is 8.15. The van der Waals surface area contributed by atoms with E-state index in [4.69, 9.17) is 5.73 Å². The predicted octanol–water partition coefficient (Wildman–Crippen LogP) is 2.67. The summed E-state index contributed by atoms with van der Waals surface area (Å²) < 4.78 is 1.99. The highest BCUT2D eigenvalue weighted by molar-refractivity contribution is 5.58. The molecule has 0 aliphatic heterocycles. The lowest BCUT2D eigenvalue weighted by molar-refractivity contribution is 0.265. The fraction of sp³-hybridized carbons (Fsp3) is 0.500. The van der Waals surface area contributed by atoms with Crippen LogP contribution in [0.2, 0.25) is 0 Å². The fourth-order valence-corrected chi connectivity index (χ4v) is 2.89. The van der Waals surface area contributed by atoms with Gasteiger partial charge in [-0.2, -0.15) is 0 Å². The van der Waals surface area contributed by atoms with Gasteiger partial charge in [-0.05, 0) is 53.5 Å². The number of tetrazole rings is 1. The molecular weight excluding hydrogens is 238 g/mol. The lowest BCUT2D eigenvalue weighted by Crippen LogP contribution is -2.19. The quantitative estimate of drug-likeness (QED) is 0.840. The van der Waals surface area contributed by atoms with Crippen LogP contribution in [0.4, 0.5) is 5.69 Å². The van der Waals surface area contributed by atoms with Crippen LogP contribution < -0.4 is 5.73 Å². The monoisotopic (exact) mass is 257 g/mol. The summed E-state index contributed by atoms with van der Waals surface area (Å²) in [5, 5.41) is 12.2. The van der Waals surface area contributed by atoms with Crippen molar-refractivity contribution in [2.24, 2.45) is 5.92 Å². The number of benzene rings is 1. The maximum atomic E-state index is 5.72. The van der Waals surface area contributed by atoms with E-state index in [-0.39, 0.29) is 0 Å². The summed E-state index contributed by atoms with van der Waals surface area (Å²) in [4.78, 5) is 0. The minimum Gasteiger partial charge on any atom is -0.399 e. The molecule has 1 aromatic carbocycles. The normalized spacial score (nSPS) is 23.4. The first kappa shape index (κ1) is 12.1. The first-order valence-electron chi connectivity index (χ1n) is 6.88. The van der Waals surface area contributed by atoms with Gasteiger partial charge in [0, 0.05) is 11.3 Å². The molecule has 1 heterocycles. The largest absolute Gasteiger partial charge is 0.399 e. The number of rotatable bonds is 2. The van der Waals surface area contributed by atoms with Crippen LogP contribution in [0.25, 0.3) is 11.4 Å². The Hall–Kier alpha value is -1.91. The predicted molar refractivity (Wildman–Crippen MR) is 74.3 cm³/mol. The molecule has 2 aromatic rings. The van der Waals surface area contributed by atoms with Crippen molar-refractivity contribution < 1.29 is 0 Å². The molecule has 0 bridgehead atoms. The minimum atomic E-state index is 0.423. The Bertz CT molecular complexity index is 545. The smallest absolute Gasteiger partial charge is 0.182 e. The zero-order valence-corrected chi connectivity index (χ0v) is 11.2. The number of nitrogen functional groups attached to an aromatic ring is 1. The third-order valence-corrected chi connectivity index (χ3v) is 3.92. The molecule has 0 radical (unpaired) electrons. The third kappa shape index (κ3) is 2.45. The molecule has 19 heavy (non-hydrogen) atoms. The van der Waals surface area contributed by atoms with E-state index in [0.717, 1.165) is 35.8 Å². The van der Waals surface area contributed by atoms with Gasteiger partial charge in [-0.3, -0.25) is 0 Å². The van der Waals surface area contributed by atoms with Crippen molar-refractivity contribution in [3.8, 4) is 11.4 Å². The van der Waals surface area contributed by atoms with Crippen LogP contribution in [-0.4, -0.2) is 20.2 Å². The van der Waals surface area contributed by atoms with E-state index < -0.39 is 0 Å². The Labute approximate surface area is 112 Å². The highest BCUT2D eigenvalue weighted by Gasteiger charge is 2.24.